The van der Waals surface area contributed by atoms with Crippen LogP contribution in [0.3, 0.4) is 0 Å². The maximum Gasteiger partial charge on any atom is 0.224 e. The number of carbonyl (C=O) groups is 1. The van der Waals surface area contributed by atoms with Crippen molar-refractivity contribution in [3.63, 3.8) is 0 Å². The van der Waals surface area contributed by atoms with Crippen LogP contribution < -0.4 is 5.32 Å². The lowest BCUT2D eigenvalue weighted by molar-refractivity contribution is -0.120. The number of amides is 1. The third-order valence-corrected chi connectivity index (χ3v) is 5.02. The summed E-state index contributed by atoms with van der Waals surface area (Å²) in [5, 5.41) is 6.14. The van der Waals surface area contributed by atoms with Crippen LogP contribution >= 0.6 is 11.3 Å². The number of hydrogen-bond acceptors (Lipinski definition) is 3. The minimum atomic E-state index is 0.00531. The molecule has 0 radical (unpaired) electrons. The normalized spacial score (nSPS) is 10.9. The molecule has 5 heteroatoms. The predicted octanol–water partition coefficient (Wildman–Crippen LogP) is 4.15. The summed E-state index contributed by atoms with van der Waals surface area (Å²) in [4.78, 5) is 21.2. The molecule has 3 heterocycles. The van der Waals surface area contributed by atoms with Crippen molar-refractivity contribution in [3.05, 3.63) is 77.4 Å². The Morgan fingerprint density at radius 2 is 2.00 bits per heavy atom. The Kier molecular flexibility index (Phi) is 4.31. The van der Waals surface area contributed by atoms with E-state index in [1.165, 1.54) is 0 Å². The van der Waals surface area contributed by atoms with Gasteiger partial charge in [0.1, 0.15) is 0 Å². The van der Waals surface area contributed by atoms with Gasteiger partial charge in [0.15, 0.2) is 0 Å². The maximum absolute atomic E-state index is 12.4. The van der Waals surface area contributed by atoms with Crippen LogP contribution in [0.4, 0.5) is 0 Å². The average Bonchev–Trinajstić information content (AvgIpc) is 3.31. The van der Waals surface area contributed by atoms with E-state index in [9.17, 15) is 4.79 Å². The summed E-state index contributed by atoms with van der Waals surface area (Å²) in [6.07, 6.45) is 4.05. The first-order valence-corrected chi connectivity index (χ1v) is 8.99. The summed E-state index contributed by atoms with van der Waals surface area (Å²) in [5.41, 5.74) is 4.03. The molecule has 0 unspecified atom stereocenters. The molecule has 0 aliphatic carbocycles. The maximum atomic E-state index is 12.4. The van der Waals surface area contributed by atoms with E-state index in [1.54, 1.807) is 17.5 Å². The van der Waals surface area contributed by atoms with Crippen LogP contribution in [-0.2, 0) is 17.8 Å². The molecule has 0 saturated carbocycles. The third-order valence-electron chi connectivity index (χ3n) is 4.15. The van der Waals surface area contributed by atoms with Crippen molar-refractivity contribution in [1.29, 1.82) is 0 Å². The molecular formula is C20H17N3OS. The van der Waals surface area contributed by atoms with Crippen LogP contribution in [0.5, 0.6) is 0 Å². The summed E-state index contributed by atoms with van der Waals surface area (Å²) in [6.45, 7) is 0.474. The van der Waals surface area contributed by atoms with Crippen LogP contribution in [0, 0.1) is 0 Å². The molecule has 0 spiro atoms. The monoisotopic (exact) mass is 347 g/mol. The predicted molar refractivity (Wildman–Crippen MR) is 101 cm³/mol. The van der Waals surface area contributed by atoms with Gasteiger partial charge in [0.05, 0.1) is 17.0 Å². The molecule has 0 aliphatic heterocycles. The van der Waals surface area contributed by atoms with E-state index in [1.807, 2.05) is 60.1 Å². The second-order valence-corrected chi connectivity index (χ2v) is 6.75. The SMILES string of the molecule is O=C(Cc1c[nH]c2ccccc12)NCc1cccnc1-c1cccs1. The molecular weight excluding hydrogens is 330 g/mol. The van der Waals surface area contributed by atoms with Gasteiger partial charge in [-0.3, -0.25) is 9.78 Å². The van der Waals surface area contributed by atoms with E-state index in [4.69, 9.17) is 0 Å². The van der Waals surface area contributed by atoms with Gasteiger partial charge in [0, 0.05) is 29.8 Å². The van der Waals surface area contributed by atoms with Crippen molar-refractivity contribution in [2.24, 2.45) is 0 Å². The Labute approximate surface area is 149 Å². The Morgan fingerprint density at radius 3 is 2.88 bits per heavy atom. The quantitative estimate of drug-likeness (QED) is 0.570. The number of thiophene rings is 1. The highest BCUT2D eigenvalue weighted by Gasteiger charge is 2.11. The van der Waals surface area contributed by atoms with Gasteiger partial charge in [-0.15, -0.1) is 11.3 Å². The van der Waals surface area contributed by atoms with Crippen LogP contribution in [-0.4, -0.2) is 15.9 Å². The zero-order chi connectivity index (χ0) is 17.1. The molecule has 25 heavy (non-hydrogen) atoms. The topological polar surface area (TPSA) is 57.8 Å². The number of pyridine rings is 1. The largest absolute Gasteiger partial charge is 0.361 e. The number of nitrogens with one attached hydrogen (secondary N) is 2. The molecule has 4 nitrogen and oxygen atoms in total. The van der Waals surface area contributed by atoms with Gasteiger partial charge in [0.2, 0.25) is 5.91 Å². The summed E-state index contributed by atoms with van der Waals surface area (Å²) in [7, 11) is 0. The van der Waals surface area contributed by atoms with Gasteiger partial charge >= 0.3 is 0 Å². The van der Waals surface area contributed by atoms with Crippen LogP contribution in [0.2, 0.25) is 0 Å². The summed E-state index contributed by atoms with van der Waals surface area (Å²) >= 11 is 1.65. The smallest absolute Gasteiger partial charge is 0.224 e. The van der Waals surface area contributed by atoms with Gasteiger partial charge in [-0.05, 0) is 34.7 Å². The van der Waals surface area contributed by atoms with Crippen LogP contribution in [0.1, 0.15) is 11.1 Å². The molecule has 0 aliphatic rings. The molecule has 4 rings (SSSR count). The number of rotatable bonds is 5. The molecule has 1 amide bonds. The number of hydrogen-bond donors (Lipinski definition) is 2. The van der Waals surface area contributed by atoms with Gasteiger partial charge in [-0.2, -0.15) is 0 Å². The fraction of sp³-hybridized carbons (Fsp3) is 0.100. The number of carbonyl (C=O) groups excluding carboxylic acids is 1. The second-order valence-electron chi connectivity index (χ2n) is 5.80. The van der Waals surface area contributed by atoms with E-state index < -0.39 is 0 Å². The molecule has 4 aromatic rings. The van der Waals surface area contributed by atoms with Gasteiger partial charge in [-0.1, -0.05) is 30.3 Å². The zero-order valence-electron chi connectivity index (χ0n) is 13.5. The van der Waals surface area contributed by atoms with Gasteiger partial charge in [-0.25, -0.2) is 0 Å². The van der Waals surface area contributed by atoms with Crippen molar-refractivity contribution < 1.29 is 4.79 Å². The van der Waals surface area contributed by atoms with E-state index in [0.29, 0.717) is 13.0 Å². The van der Waals surface area contributed by atoms with Gasteiger partial charge < -0.3 is 10.3 Å². The van der Waals surface area contributed by atoms with Crippen molar-refractivity contribution in [2.75, 3.05) is 0 Å². The minimum Gasteiger partial charge on any atom is -0.361 e. The first-order valence-electron chi connectivity index (χ1n) is 8.11. The first-order chi connectivity index (χ1) is 12.3. The van der Waals surface area contributed by atoms with E-state index in [0.717, 1.165) is 32.6 Å². The lowest BCUT2D eigenvalue weighted by atomic mass is 10.1. The van der Waals surface area contributed by atoms with Crippen LogP contribution in [0.25, 0.3) is 21.5 Å². The Hall–Kier alpha value is -2.92. The number of fused-ring (bicyclic) bond motifs is 1. The van der Waals surface area contributed by atoms with Crippen molar-refractivity contribution in [1.82, 2.24) is 15.3 Å². The first kappa shape index (κ1) is 15.6. The Morgan fingerprint density at radius 1 is 1.08 bits per heavy atom. The lowest BCUT2D eigenvalue weighted by Gasteiger charge is -2.08. The fourth-order valence-corrected chi connectivity index (χ4v) is 3.68. The number of H-pyrrole nitrogens is 1. The number of para-hydroxylation sites is 1. The Balaban J connectivity index is 1.46. The molecule has 3 aromatic heterocycles. The van der Waals surface area contributed by atoms with E-state index in [-0.39, 0.29) is 5.91 Å². The third kappa shape index (κ3) is 3.32. The van der Waals surface area contributed by atoms with Gasteiger partial charge in [0.25, 0.3) is 0 Å². The molecule has 0 bridgehead atoms. The van der Waals surface area contributed by atoms with Crippen LogP contribution in [0.15, 0.2) is 66.3 Å². The second kappa shape index (κ2) is 6.91. The molecule has 0 fully saturated rings. The molecule has 1 aromatic carbocycles. The molecule has 0 saturated heterocycles. The van der Waals surface area contributed by atoms with Crippen molar-refractivity contribution in [2.45, 2.75) is 13.0 Å². The lowest BCUT2D eigenvalue weighted by Crippen LogP contribution is -2.24. The minimum absolute atomic E-state index is 0.00531. The fourth-order valence-electron chi connectivity index (χ4n) is 2.92. The van der Waals surface area contributed by atoms with E-state index >= 15 is 0 Å². The molecule has 2 N–H and O–H groups in total. The molecule has 124 valence electrons. The highest BCUT2D eigenvalue weighted by molar-refractivity contribution is 7.13. The standard InChI is InChI=1S/C20H17N3OS/c24-19(11-15-13-22-17-7-2-1-6-16(15)17)23-12-14-5-3-9-21-20(14)18-8-4-10-25-18/h1-10,13,22H,11-12H2,(H,23,24). The van der Waals surface area contributed by atoms with Crippen molar-refractivity contribution >= 4 is 28.1 Å². The number of aromatic nitrogens is 2. The highest BCUT2D eigenvalue weighted by Crippen LogP contribution is 2.25. The van der Waals surface area contributed by atoms with E-state index in [2.05, 4.69) is 15.3 Å². The number of aromatic amines is 1. The highest BCUT2D eigenvalue weighted by atomic mass is 32.1. The number of nitrogens with zero attached hydrogens (tertiary/aromatic N) is 1. The molecule has 0 atom stereocenters. The Bertz CT molecular complexity index is 1000. The summed E-state index contributed by atoms with van der Waals surface area (Å²) in [6, 6.07) is 16.0. The summed E-state index contributed by atoms with van der Waals surface area (Å²) in [5.74, 6) is 0.00531. The average molecular weight is 347 g/mol. The van der Waals surface area contributed by atoms with Crippen molar-refractivity contribution in [3.8, 4) is 10.6 Å². The zero-order valence-corrected chi connectivity index (χ0v) is 14.3. The summed E-state index contributed by atoms with van der Waals surface area (Å²) < 4.78 is 0. The number of benzene rings is 1.